The second kappa shape index (κ2) is 7.01. The second-order valence-electron chi connectivity index (χ2n) is 6.62. The van der Waals surface area contributed by atoms with E-state index in [1.165, 1.54) is 12.3 Å². The van der Waals surface area contributed by atoms with Crippen LogP contribution in [0.25, 0.3) is 11.3 Å². The molecule has 0 N–H and O–H groups in total. The molecule has 3 rings (SSSR count). The fraction of sp³-hybridized carbons (Fsp3) is 0.286. The summed E-state index contributed by atoms with van der Waals surface area (Å²) in [5.74, 6) is 0.521. The molecule has 0 saturated heterocycles. The molecule has 2 atom stereocenters. The first-order valence-electron chi connectivity index (χ1n) is 8.26. The molecule has 0 aliphatic heterocycles. The molecule has 132 valence electrons. The smallest absolute Gasteiger partial charge is 0.152 e. The lowest BCUT2D eigenvalue weighted by molar-refractivity contribution is -0.124. The zero-order chi connectivity index (χ0) is 19.0. The Balaban J connectivity index is 2.05. The molecule has 1 saturated carbocycles. The van der Waals surface area contributed by atoms with Gasteiger partial charge in [0.15, 0.2) is 11.6 Å². The van der Waals surface area contributed by atoms with Crippen molar-refractivity contribution in [1.29, 1.82) is 0 Å². The normalized spacial score (nSPS) is 19.7. The van der Waals surface area contributed by atoms with Crippen molar-refractivity contribution in [2.45, 2.75) is 32.6 Å². The Morgan fingerprint density at radius 1 is 1.27 bits per heavy atom. The maximum Gasteiger partial charge on any atom is 0.152 e. The molecule has 1 aromatic carbocycles. The average molecular weight is 370 g/mol. The highest BCUT2D eigenvalue weighted by Crippen LogP contribution is 2.38. The van der Waals surface area contributed by atoms with Gasteiger partial charge in [0.1, 0.15) is 17.4 Å². The van der Waals surface area contributed by atoms with Crippen LogP contribution in [-0.2, 0) is 9.59 Å². The number of nitrogens with zero attached hydrogens (tertiary/aromatic N) is 1. The van der Waals surface area contributed by atoms with Crippen molar-refractivity contribution in [3.63, 3.8) is 0 Å². The molecule has 1 aliphatic carbocycles. The van der Waals surface area contributed by atoms with Crippen molar-refractivity contribution in [1.82, 2.24) is 4.98 Å². The van der Waals surface area contributed by atoms with E-state index in [-0.39, 0.29) is 35.1 Å². The molecule has 0 bridgehead atoms. The number of terminal acetylenes is 1. The van der Waals surface area contributed by atoms with E-state index >= 15 is 0 Å². The van der Waals surface area contributed by atoms with Gasteiger partial charge in [-0.05, 0) is 48.7 Å². The number of rotatable bonds is 3. The van der Waals surface area contributed by atoms with Gasteiger partial charge in [-0.3, -0.25) is 14.6 Å². The average Bonchev–Trinajstić information content (AvgIpc) is 2.82. The number of halogens is 2. The first kappa shape index (κ1) is 18.3. The molecular formula is C21H17ClFNO2. The number of pyridine rings is 1. The predicted molar refractivity (Wildman–Crippen MR) is 98.4 cm³/mol. The molecular weight excluding hydrogens is 353 g/mol. The van der Waals surface area contributed by atoms with Crippen molar-refractivity contribution in [2.24, 2.45) is 5.92 Å². The number of carbonyl (C=O) groups excluding carboxylic acids is 2. The maximum atomic E-state index is 14.2. The fourth-order valence-electron chi connectivity index (χ4n) is 3.67. The van der Waals surface area contributed by atoms with Crippen LogP contribution < -0.4 is 0 Å². The Hall–Kier alpha value is -2.51. The first-order chi connectivity index (χ1) is 12.3. The summed E-state index contributed by atoms with van der Waals surface area (Å²) in [7, 11) is 0. The lowest BCUT2D eigenvalue weighted by Gasteiger charge is -2.17. The molecule has 1 aromatic heterocycles. The lowest BCUT2D eigenvalue weighted by Crippen LogP contribution is -2.17. The van der Waals surface area contributed by atoms with Crippen molar-refractivity contribution in [3.05, 3.63) is 51.9 Å². The van der Waals surface area contributed by atoms with Gasteiger partial charge in [-0.2, -0.15) is 0 Å². The highest BCUT2D eigenvalue weighted by atomic mass is 35.5. The summed E-state index contributed by atoms with van der Waals surface area (Å²) < 4.78 is 14.2. The summed E-state index contributed by atoms with van der Waals surface area (Å²) in [4.78, 5) is 29.2. The molecule has 0 amide bonds. The van der Waals surface area contributed by atoms with Gasteiger partial charge in [-0.25, -0.2) is 4.39 Å². The highest BCUT2D eigenvalue weighted by Gasteiger charge is 2.42. The van der Waals surface area contributed by atoms with E-state index in [4.69, 9.17) is 18.0 Å². The Labute approximate surface area is 156 Å². The zero-order valence-electron chi connectivity index (χ0n) is 14.5. The molecule has 0 spiro atoms. The van der Waals surface area contributed by atoms with Crippen molar-refractivity contribution >= 4 is 23.2 Å². The number of hydrogen-bond acceptors (Lipinski definition) is 3. The van der Waals surface area contributed by atoms with E-state index in [1.54, 1.807) is 12.1 Å². The number of Topliss-reactive ketones (excluding diaryl/α,β-unsaturated/α-hetero) is 2. The Bertz CT molecular complexity index is 938. The third kappa shape index (κ3) is 3.15. The van der Waals surface area contributed by atoms with Crippen LogP contribution in [0.3, 0.4) is 0 Å². The third-order valence-electron chi connectivity index (χ3n) is 4.78. The summed E-state index contributed by atoms with van der Waals surface area (Å²) in [6.07, 6.45) is 7.14. The SMILES string of the molecule is C#CCC1CC(=O)C(c2c(C)cc(-c3ncc(Cl)cc3F)cc2C)C1=O. The number of aryl methyl sites for hydroxylation is 2. The van der Waals surface area contributed by atoms with Crippen LogP contribution in [0, 0.1) is 37.9 Å². The maximum absolute atomic E-state index is 14.2. The highest BCUT2D eigenvalue weighted by molar-refractivity contribution is 6.30. The topological polar surface area (TPSA) is 47.0 Å². The van der Waals surface area contributed by atoms with Gasteiger partial charge in [0.2, 0.25) is 0 Å². The van der Waals surface area contributed by atoms with Crippen LogP contribution in [0.4, 0.5) is 4.39 Å². The molecule has 1 heterocycles. The van der Waals surface area contributed by atoms with Crippen molar-refractivity contribution in [2.75, 3.05) is 0 Å². The van der Waals surface area contributed by atoms with E-state index < -0.39 is 17.7 Å². The van der Waals surface area contributed by atoms with Gasteiger partial charge in [-0.15, -0.1) is 12.3 Å². The zero-order valence-corrected chi connectivity index (χ0v) is 15.2. The minimum absolute atomic E-state index is 0.106. The van der Waals surface area contributed by atoms with Crippen molar-refractivity contribution in [3.8, 4) is 23.6 Å². The summed E-state index contributed by atoms with van der Waals surface area (Å²) in [6, 6.07) is 4.70. The largest absolute Gasteiger partial charge is 0.298 e. The Kier molecular flexibility index (Phi) is 4.93. The van der Waals surface area contributed by atoms with Gasteiger partial charge >= 0.3 is 0 Å². The molecule has 0 radical (unpaired) electrons. The van der Waals surface area contributed by atoms with Gasteiger partial charge in [0, 0.05) is 30.5 Å². The predicted octanol–water partition coefficient (Wildman–Crippen LogP) is 4.42. The minimum atomic E-state index is -0.787. The Morgan fingerprint density at radius 3 is 2.50 bits per heavy atom. The second-order valence-corrected chi connectivity index (χ2v) is 7.06. The van der Waals surface area contributed by atoms with Crippen LogP contribution >= 0.6 is 11.6 Å². The first-order valence-corrected chi connectivity index (χ1v) is 8.63. The number of ketones is 2. The molecule has 3 nitrogen and oxygen atoms in total. The van der Waals surface area contributed by atoms with Crippen LogP contribution in [0.2, 0.25) is 5.02 Å². The van der Waals surface area contributed by atoms with Gasteiger partial charge < -0.3 is 0 Å². The van der Waals surface area contributed by atoms with Gasteiger partial charge in [0.25, 0.3) is 0 Å². The van der Waals surface area contributed by atoms with E-state index in [1.807, 2.05) is 13.8 Å². The van der Waals surface area contributed by atoms with Crippen LogP contribution in [0.15, 0.2) is 24.4 Å². The lowest BCUT2D eigenvalue weighted by atomic mass is 9.85. The minimum Gasteiger partial charge on any atom is -0.298 e. The van der Waals surface area contributed by atoms with E-state index in [0.717, 1.165) is 11.1 Å². The summed E-state index contributed by atoms with van der Waals surface area (Å²) >= 11 is 5.76. The number of aromatic nitrogens is 1. The third-order valence-corrected chi connectivity index (χ3v) is 4.99. The van der Waals surface area contributed by atoms with Gasteiger partial charge in [-0.1, -0.05) is 11.6 Å². The van der Waals surface area contributed by atoms with Crippen LogP contribution in [-0.4, -0.2) is 16.6 Å². The summed E-state index contributed by atoms with van der Waals surface area (Å²) in [5.41, 5.74) is 2.96. The summed E-state index contributed by atoms with van der Waals surface area (Å²) in [6.45, 7) is 3.63. The Morgan fingerprint density at radius 2 is 1.92 bits per heavy atom. The van der Waals surface area contributed by atoms with Crippen molar-refractivity contribution < 1.29 is 14.0 Å². The van der Waals surface area contributed by atoms with Gasteiger partial charge in [0.05, 0.1) is 5.02 Å². The van der Waals surface area contributed by atoms with Crippen LogP contribution in [0.5, 0.6) is 0 Å². The van der Waals surface area contributed by atoms with E-state index in [2.05, 4.69) is 10.9 Å². The van der Waals surface area contributed by atoms with Crippen LogP contribution in [0.1, 0.15) is 35.4 Å². The molecule has 1 fully saturated rings. The van der Waals surface area contributed by atoms with E-state index in [0.29, 0.717) is 11.1 Å². The molecule has 2 unspecified atom stereocenters. The molecule has 26 heavy (non-hydrogen) atoms. The monoisotopic (exact) mass is 369 g/mol. The molecule has 5 heteroatoms. The molecule has 2 aromatic rings. The summed E-state index contributed by atoms with van der Waals surface area (Å²) in [5, 5.41) is 0.220. The number of hydrogen-bond donors (Lipinski definition) is 0. The number of benzene rings is 1. The fourth-order valence-corrected chi connectivity index (χ4v) is 3.81. The standard InChI is InChI=1S/C21H17ClFNO2/c1-4-5-13-8-17(25)19(21(13)26)18-11(2)6-14(7-12(18)3)20-16(23)9-15(22)10-24-20/h1,6-7,9-10,13,19H,5,8H2,2-3H3. The van der Waals surface area contributed by atoms with E-state index in [9.17, 15) is 14.0 Å². The number of carbonyl (C=O) groups is 2. The quantitative estimate of drug-likeness (QED) is 0.594. The molecule has 1 aliphatic rings.